The molecule has 0 aliphatic carbocycles. The predicted molar refractivity (Wildman–Crippen MR) is 171 cm³/mol. The molecule has 41 heavy (non-hydrogen) atoms. The SMILES string of the molecule is Cc1nc(C)nc(-c2cccc([Si](c3ccccc3)(c3ccccc3)P3(=O)c4ccccc4-c4ccccc43)c2)n1. The van der Waals surface area contributed by atoms with Gasteiger partial charge in [0.05, 0.1) is 0 Å². The van der Waals surface area contributed by atoms with Crippen molar-refractivity contribution in [1.29, 1.82) is 0 Å². The molecule has 4 nitrogen and oxygen atoms in total. The zero-order chi connectivity index (χ0) is 28.0. The van der Waals surface area contributed by atoms with Gasteiger partial charge in [-0.15, -0.1) is 0 Å². The Kier molecular flexibility index (Phi) is 6.15. The lowest BCUT2D eigenvalue weighted by atomic mass is 10.1. The van der Waals surface area contributed by atoms with E-state index in [0.29, 0.717) is 17.5 Å². The van der Waals surface area contributed by atoms with Crippen molar-refractivity contribution in [2.75, 3.05) is 0 Å². The minimum atomic E-state index is -3.32. The summed E-state index contributed by atoms with van der Waals surface area (Å²) in [7, 11) is -3.32. The van der Waals surface area contributed by atoms with Crippen LogP contribution in [0.15, 0.2) is 133 Å². The molecule has 1 aliphatic heterocycles. The first-order chi connectivity index (χ1) is 20.0. The quantitative estimate of drug-likeness (QED) is 0.166. The largest absolute Gasteiger partial charge is 0.318 e. The molecular weight excluding hydrogens is 537 g/mol. The number of fused-ring (bicyclic) bond motifs is 3. The fourth-order valence-corrected chi connectivity index (χ4v) is 21.2. The second kappa shape index (κ2) is 9.88. The number of hydrogen-bond donors (Lipinski definition) is 0. The first-order valence-electron chi connectivity index (χ1n) is 13.7. The number of rotatable bonds is 5. The third kappa shape index (κ3) is 3.81. The van der Waals surface area contributed by atoms with Crippen molar-refractivity contribution >= 4 is 40.6 Å². The van der Waals surface area contributed by atoms with Crippen LogP contribution >= 0.6 is 6.69 Å². The summed E-state index contributed by atoms with van der Waals surface area (Å²) < 4.78 is 16.7. The molecule has 0 fully saturated rings. The normalized spacial score (nSPS) is 13.4. The summed E-state index contributed by atoms with van der Waals surface area (Å²) >= 11 is 0. The van der Waals surface area contributed by atoms with Gasteiger partial charge in [-0.05, 0) is 40.5 Å². The summed E-state index contributed by atoms with van der Waals surface area (Å²) in [5, 5.41) is 5.18. The van der Waals surface area contributed by atoms with Crippen LogP contribution in [-0.4, -0.2) is 22.7 Å². The van der Waals surface area contributed by atoms with Gasteiger partial charge >= 0.3 is 0 Å². The van der Waals surface area contributed by atoms with Crippen LogP contribution in [0.1, 0.15) is 11.6 Å². The van der Waals surface area contributed by atoms with Crippen molar-refractivity contribution in [3.05, 3.63) is 145 Å². The van der Waals surface area contributed by atoms with Crippen LogP contribution in [-0.2, 0) is 4.57 Å². The first kappa shape index (κ1) is 25.5. The Morgan fingerprint density at radius 3 is 1.51 bits per heavy atom. The Morgan fingerprint density at radius 2 is 0.976 bits per heavy atom. The molecule has 0 amide bonds. The highest BCUT2D eigenvalue weighted by atomic mass is 31.4. The minimum absolute atomic E-state index is 0.631. The molecular formula is C35H28N3OPSi. The highest BCUT2D eigenvalue weighted by molar-refractivity contribution is 8.15. The van der Waals surface area contributed by atoms with Gasteiger partial charge in [0.25, 0.3) is 0 Å². The summed E-state index contributed by atoms with van der Waals surface area (Å²) in [4.78, 5) is 13.8. The zero-order valence-electron chi connectivity index (χ0n) is 22.9. The number of nitrogens with zero attached hydrogens (tertiary/aromatic N) is 3. The van der Waals surface area contributed by atoms with Gasteiger partial charge in [0.2, 0.25) is 7.74 Å². The lowest BCUT2D eigenvalue weighted by molar-refractivity contribution is 0.594. The molecule has 0 N–H and O–H groups in total. The molecule has 1 aliphatic rings. The third-order valence-electron chi connectivity index (χ3n) is 8.03. The van der Waals surface area contributed by atoms with Gasteiger partial charge in [-0.25, -0.2) is 15.0 Å². The van der Waals surface area contributed by atoms with Crippen LogP contribution in [0.4, 0.5) is 0 Å². The Hall–Kier alpha value is -4.44. The molecule has 6 aromatic rings. The second-order valence-corrected chi connectivity index (χ2v) is 19.7. The second-order valence-electron chi connectivity index (χ2n) is 10.4. The molecule has 0 unspecified atom stereocenters. The Balaban J connectivity index is 1.65. The molecule has 0 bridgehead atoms. The summed E-state index contributed by atoms with van der Waals surface area (Å²) in [5.74, 6) is 1.99. The van der Waals surface area contributed by atoms with E-state index in [1.807, 2.05) is 56.3 Å². The fourth-order valence-electron chi connectivity index (χ4n) is 6.48. The molecule has 5 aromatic carbocycles. The summed E-state index contributed by atoms with van der Waals surface area (Å²) in [6, 6.07) is 46.1. The molecule has 6 heteroatoms. The third-order valence-corrected chi connectivity index (χ3v) is 21.2. The van der Waals surface area contributed by atoms with E-state index in [0.717, 1.165) is 42.9 Å². The van der Waals surface area contributed by atoms with E-state index in [-0.39, 0.29) is 0 Å². The van der Waals surface area contributed by atoms with E-state index in [1.165, 1.54) is 0 Å². The Labute approximate surface area is 241 Å². The van der Waals surface area contributed by atoms with Crippen molar-refractivity contribution in [2.24, 2.45) is 0 Å². The molecule has 2 heterocycles. The summed E-state index contributed by atoms with van der Waals surface area (Å²) in [6.45, 7) is 0.475. The van der Waals surface area contributed by atoms with Gasteiger partial charge in [-0.1, -0.05) is 133 Å². The van der Waals surface area contributed by atoms with Crippen LogP contribution in [0.3, 0.4) is 0 Å². The van der Waals surface area contributed by atoms with Crippen molar-refractivity contribution in [3.8, 4) is 22.5 Å². The number of aromatic nitrogens is 3. The molecule has 0 saturated heterocycles. The standard InChI is InChI=1S/C35H28N3OPSi/c1-25-36-26(2)38-35(37-25)27-14-13-19-30(24-27)41(28-15-5-3-6-16-28,29-17-7-4-8-18-29)40(39)33-22-11-9-20-31(33)32-21-10-12-23-34(32)40/h3-24H,1-2H3. The van der Waals surface area contributed by atoms with Crippen LogP contribution in [0.25, 0.3) is 22.5 Å². The molecule has 7 rings (SSSR count). The lowest BCUT2D eigenvalue weighted by Gasteiger charge is -2.39. The van der Waals surface area contributed by atoms with E-state index >= 15 is 4.57 Å². The molecule has 198 valence electrons. The van der Waals surface area contributed by atoms with Gasteiger partial charge in [0, 0.05) is 16.2 Å². The van der Waals surface area contributed by atoms with Crippen molar-refractivity contribution < 1.29 is 4.57 Å². The number of hydrogen-bond acceptors (Lipinski definition) is 4. The lowest BCUT2D eigenvalue weighted by Crippen LogP contribution is -2.69. The average Bonchev–Trinajstić information content (AvgIpc) is 3.28. The van der Waals surface area contributed by atoms with Gasteiger partial charge in [0.15, 0.2) is 5.82 Å². The van der Waals surface area contributed by atoms with E-state index in [4.69, 9.17) is 0 Å². The first-order valence-corrected chi connectivity index (χ1v) is 18.3. The predicted octanol–water partition coefficient (Wildman–Crippen LogP) is 5.12. The molecule has 0 radical (unpaired) electrons. The maximum absolute atomic E-state index is 16.7. The molecule has 1 aromatic heterocycles. The zero-order valence-corrected chi connectivity index (χ0v) is 24.8. The average molecular weight is 566 g/mol. The molecule has 0 spiro atoms. The summed E-state index contributed by atoms with van der Waals surface area (Å²) in [6.07, 6.45) is 0. The maximum Gasteiger partial charge on any atom is 0.229 e. The number of benzene rings is 5. The highest BCUT2D eigenvalue weighted by Gasteiger charge is 2.60. The van der Waals surface area contributed by atoms with Gasteiger partial charge < -0.3 is 4.57 Å². The maximum atomic E-state index is 16.7. The van der Waals surface area contributed by atoms with Crippen LogP contribution in [0.2, 0.25) is 0 Å². The van der Waals surface area contributed by atoms with Crippen LogP contribution < -0.4 is 26.2 Å². The van der Waals surface area contributed by atoms with Gasteiger partial charge in [-0.2, -0.15) is 0 Å². The van der Waals surface area contributed by atoms with Crippen molar-refractivity contribution in [3.63, 3.8) is 0 Å². The van der Waals surface area contributed by atoms with Crippen molar-refractivity contribution in [2.45, 2.75) is 13.8 Å². The topological polar surface area (TPSA) is 55.7 Å². The Bertz CT molecular complexity index is 1850. The van der Waals surface area contributed by atoms with E-state index in [2.05, 4.69) is 106 Å². The Morgan fingerprint density at radius 1 is 0.512 bits per heavy atom. The smallest absolute Gasteiger partial charge is 0.229 e. The van der Waals surface area contributed by atoms with Crippen LogP contribution in [0.5, 0.6) is 0 Å². The van der Waals surface area contributed by atoms with Crippen molar-refractivity contribution in [1.82, 2.24) is 15.0 Å². The van der Waals surface area contributed by atoms with Gasteiger partial charge in [0.1, 0.15) is 18.3 Å². The monoisotopic (exact) mass is 565 g/mol. The highest BCUT2D eigenvalue weighted by Crippen LogP contribution is 2.59. The van der Waals surface area contributed by atoms with E-state index < -0.39 is 14.4 Å². The van der Waals surface area contributed by atoms with E-state index in [9.17, 15) is 0 Å². The summed E-state index contributed by atoms with van der Waals surface area (Å²) in [5.41, 5.74) is 3.03. The van der Waals surface area contributed by atoms with Gasteiger partial charge in [-0.3, -0.25) is 0 Å². The van der Waals surface area contributed by atoms with Crippen LogP contribution in [0, 0.1) is 13.8 Å². The van der Waals surface area contributed by atoms with E-state index in [1.54, 1.807) is 0 Å². The molecule has 0 atom stereocenters. The minimum Gasteiger partial charge on any atom is -0.318 e. The number of aryl methyl sites for hydroxylation is 2. The fraction of sp³-hybridized carbons (Fsp3) is 0.0571. The molecule has 0 saturated carbocycles.